The SMILES string of the molecule is CCOC(=O)N/N=C1/C[C@@H](O)[C@@H](O)[C@@H]2[C@@H]3C(=O)N(CC)C(=O)[C@H]3CC[C@H]12. The number of ether oxygens (including phenoxy) is 1. The highest BCUT2D eigenvalue weighted by atomic mass is 16.5. The molecule has 6 atom stereocenters. The summed E-state index contributed by atoms with van der Waals surface area (Å²) in [5.41, 5.74) is 2.82. The summed E-state index contributed by atoms with van der Waals surface area (Å²) in [6.07, 6.45) is -1.72. The Morgan fingerprint density at radius 2 is 1.92 bits per heavy atom. The van der Waals surface area contributed by atoms with E-state index in [1.165, 1.54) is 4.90 Å². The Kier molecular flexibility index (Phi) is 5.29. The van der Waals surface area contributed by atoms with Gasteiger partial charge >= 0.3 is 6.09 Å². The number of imide groups is 1. The van der Waals surface area contributed by atoms with Crippen LogP contribution in [-0.2, 0) is 14.3 Å². The number of rotatable bonds is 3. The molecule has 0 aromatic heterocycles. The van der Waals surface area contributed by atoms with E-state index in [-0.39, 0.29) is 30.8 Å². The minimum Gasteiger partial charge on any atom is -0.449 e. The number of amides is 3. The molecule has 0 unspecified atom stereocenters. The monoisotopic (exact) mass is 367 g/mol. The molecule has 3 N–H and O–H groups in total. The summed E-state index contributed by atoms with van der Waals surface area (Å²) in [6.45, 7) is 3.92. The standard InChI is InChI=1S/C17H25N3O6/c1-3-20-15(23)9-6-5-8-10(18-19-17(25)26-4-2)7-11(21)14(22)12(8)13(9)16(20)24/h8-9,11-14,21-22H,3-7H2,1-2H3,(H,19,25)/b18-10-/t8-,9+,11-,12+,13-,14-/m1/s1. The smallest absolute Gasteiger partial charge is 0.427 e. The normalized spacial score (nSPS) is 38.2. The predicted octanol–water partition coefficient (Wildman–Crippen LogP) is -0.139. The molecule has 9 heteroatoms. The first-order valence-electron chi connectivity index (χ1n) is 9.11. The number of nitrogens with zero attached hydrogens (tertiary/aromatic N) is 2. The van der Waals surface area contributed by atoms with E-state index < -0.39 is 36.1 Å². The third-order valence-electron chi connectivity index (χ3n) is 5.75. The largest absolute Gasteiger partial charge is 0.449 e. The molecule has 3 rings (SSSR count). The number of aliphatic hydroxyl groups excluding tert-OH is 2. The molecule has 26 heavy (non-hydrogen) atoms. The Bertz CT molecular complexity index is 636. The summed E-state index contributed by atoms with van der Waals surface area (Å²) in [5.74, 6) is -2.46. The second-order valence-corrected chi connectivity index (χ2v) is 7.01. The Morgan fingerprint density at radius 1 is 1.23 bits per heavy atom. The maximum absolute atomic E-state index is 12.7. The van der Waals surface area contributed by atoms with Gasteiger partial charge in [0, 0.05) is 30.5 Å². The van der Waals surface area contributed by atoms with Crippen molar-refractivity contribution in [3.63, 3.8) is 0 Å². The lowest BCUT2D eigenvalue weighted by Crippen LogP contribution is -2.55. The summed E-state index contributed by atoms with van der Waals surface area (Å²) in [5, 5.41) is 24.9. The average molecular weight is 367 g/mol. The van der Waals surface area contributed by atoms with Gasteiger partial charge in [-0.3, -0.25) is 14.5 Å². The second-order valence-electron chi connectivity index (χ2n) is 7.01. The molecule has 3 fully saturated rings. The summed E-state index contributed by atoms with van der Waals surface area (Å²) in [7, 11) is 0. The number of fused-ring (bicyclic) bond motifs is 3. The molecule has 3 aliphatic rings. The van der Waals surface area contributed by atoms with Crippen LogP contribution in [0.15, 0.2) is 5.10 Å². The molecule has 1 saturated heterocycles. The van der Waals surface area contributed by atoms with Crippen molar-refractivity contribution in [2.75, 3.05) is 13.2 Å². The van der Waals surface area contributed by atoms with Crippen LogP contribution < -0.4 is 5.43 Å². The average Bonchev–Trinajstić information content (AvgIpc) is 2.87. The van der Waals surface area contributed by atoms with Gasteiger partial charge in [-0.15, -0.1) is 0 Å². The first kappa shape index (κ1) is 18.8. The van der Waals surface area contributed by atoms with E-state index in [0.29, 0.717) is 25.1 Å². The van der Waals surface area contributed by atoms with E-state index in [1.807, 2.05) is 0 Å². The van der Waals surface area contributed by atoms with Crippen LogP contribution in [0.1, 0.15) is 33.1 Å². The van der Waals surface area contributed by atoms with Crippen LogP contribution in [0.2, 0.25) is 0 Å². The fourth-order valence-corrected chi connectivity index (χ4v) is 4.66. The first-order chi connectivity index (χ1) is 12.4. The highest BCUT2D eigenvalue weighted by Crippen LogP contribution is 2.49. The number of likely N-dealkylation sites (tertiary alicyclic amines) is 1. The number of hydrogen-bond donors (Lipinski definition) is 3. The van der Waals surface area contributed by atoms with Crippen LogP contribution in [0.3, 0.4) is 0 Å². The van der Waals surface area contributed by atoms with Crippen LogP contribution in [-0.4, -0.2) is 64.1 Å². The zero-order chi connectivity index (χ0) is 19.0. The van der Waals surface area contributed by atoms with Gasteiger partial charge in [-0.1, -0.05) is 0 Å². The lowest BCUT2D eigenvalue weighted by molar-refractivity contribution is -0.141. The van der Waals surface area contributed by atoms with Crippen molar-refractivity contribution in [3.8, 4) is 0 Å². The van der Waals surface area contributed by atoms with E-state index in [9.17, 15) is 24.6 Å². The first-order valence-corrected chi connectivity index (χ1v) is 9.11. The van der Waals surface area contributed by atoms with Crippen molar-refractivity contribution in [1.82, 2.24) is 10.3 Å². The zero-order valence-electron chi connectivity index (χ0n) is 14.9. The fourth-order valence-electron chi connectivity index (χ4n) is 4.66. The minimum absolute atomic E-state index is 0.103. The van der Waals surface area contributed by atoms with Crippen molar-refractivity contribution in [2.45, 2.75) is 45.3 Å². The second kappa shape index (κ2) is 7.32. The number of hydrazone groups is 1. The topological polar surface area (TPSA) is 129 Å². The minimum atomic E-state index is -1.11. The predicted molar refractivity (Wildman–Crippen MR) is 89.8 cm³/mol. The van der Waals surface area contributed by atoms with Crippen LogP contribution in [0.5, 0.6) is 0 Å². The number of nitrogens with one attached hydrogen (secondary N) is 1. The molecule has 0 bridgehead atoms. The van der Waals surface area contributed by atoms with Crippen LogP contribution in [0.25, 0.3) is 0 Å². The Balaban J connectivity index is 1.88. The van der Waals surface area contributed by atoms with Gasteiger partial charge in [0.05, 0.1) is 30.7 Å². The highest BCUT2D eigenvalue weighted by Gasteiger charge is 2.59. The van der Waals surface area contributed by atoms with Gasteiger partial charge in [0.15, 0.2) is 0 Å². The number of carbonyl (C=O) groups is 3. The Labute approximate surface area is 151 Å². The van der Waals surface area contributed by atoms with Crippen LogP contribution in [0.4, 0.5) is 4.79 Å². The Morgan fingerprint density at radius 3 is 2.58 bits per heavy atom. The van der Waals surface area contributed by atoms with Gasteiger partial charge in [-0.2, -0.15) is 5.10 Å². The van der Waals surface area contributed by atoms with Crippen LogP contribution in [0, 0.1) is 23.7 Å². The molecule has 144 valence electrons. The molecule has 1 heterocycles. The molecule has 2 aliphatic carbocycles. The van der Waals surface area contributed by atoms with E-state index >= 15 is 0 Å². The summed E-state index contributed by atoms with van der Waals surface area (Å²) in [6, 6.07) is 0. The van der Waals surface area contributed by atoms with Gasteiger partial charge < -0.3 is 14.9 Å². The van der Waals surface area contributed by atoms with Crippen molar-refractivity contribution >= 4 is 23.6 Å². The van der Waals surface area contributed by atoms with Gasteiger partial charge in [-0.25, -0.2) is 10.2 Å². The van der Waals surface area contributed by atoms with E-state index in [0.717, 1.165) is 0 Å². The number of aliphatic hydroxyl groups is 2. The zero-order valence-corrected chi connectivity index (χ0v) is 14.9. The lowest BCUT2D eigenvalue weighted by atomic mass is 9.60. The van der Waals surface area contributed by atoms with E-state index in [2.05, 4.69) is 10.5 Å². The van der Waals surface area contributed by atoms with E-state index in [1.54, 1.807) is 13.8 Å². The molecule has 0 aromatic rings. The Hall–Kier alpha value is -2.00. The van der Waals surface area contributed by atoms with Gasteiger partial charge in [0.1, 0.15) is 0 Å². The van der Waals surface area contributed by atoms with Crippen molar-refractivity contribution in [3.05, 3.63) is 0 Å². The maximum Gasteiger partial charge on any atom is 0.427 e. The molecular formula is C17H25N3O6. The number of carbonyl (C=O) groups excluding carboxylic acids is 3. The van der Waals surface area contributed by atoms with Gasteiger partial charge in [0.25, 0.3) is 0 Å². The fraction of sp³-hybridized carbons (Fsp3) is 0.765. The van der Waals surface area contributed by atoms with Gasteiger partial charge in [-0.05, 0) is 26.7 Å². The van der Waals surface area contributed by atoms with E-state index in [4.69, 9.17) is 4.74 Å². The summed E-state index contributed by atoms with van der Waals surface area (Å²) in [4.78, 5) is 37.9. The molecular weight excluding hydrogens is 342 g/mol. The molecule has 0 aromatic carbocycles. The third-order valence-corrected chi connectivity index (χ3v) is 5.75. The molecule has 0 radical (unpaired) electrons. The molecule has 3 amide bonds. The quantitative estimate of drug-likeness (QED) is 0.470. The van der Waals surface area contributed by atoms with Crippen LogP contribution >= 0.6 is 0 Å². The van der Waals surface area contributed by atoms with Crippen molar-refractivity contribution in [2.24, 2.45) is 28.8 Å². The molecule has 1 aliphatic heterocycles. The highest BCUT2D eigenvalue weighted by molar-refractivity contribution is 6.06. The molecule has 9 nitrogen and oxygen atoms in total. The lowest BCUT2D eigenvalue weighted by Gasteiger charge is -2.45. The van der Waals surface area contributed by atoms with Crippen molar-refractivity contribution in [1.29, 1.82) is 0 Å². The summed E-state index contributed by atoms with van der Waals surface area (Å²) >= 11 is 0. The molecule has 0 spiro atoms. The number of hydrogen-bond acceptors (Lipinski definition) is 7. The molecule has 2 saturated carbocycles. The van der Waals surface area contributed by atoms with Crippen molar-refractivity contribution < 1.29 is 29.3 Å². The third kappa shape index (κ3) is 2.99. The maximum atomic E-state index is 12.7. The van der Waals surface area contributed by atoms with Gasteiger partial charge in [0.2, 0.25) is 11.8 Å². The summed E-state index contributed by atoms with van der Waals surface area (Å²) < 4.78 is 4.77.